The summed E-state index contributed by atoms with van der Waals surface area (Å²) in [7, 11) is -3.58. The van der Waals surface area contributed by atoms with Gasteiger partial charge in [-0.15, -0.1) is 0 Å². The lowest BCUT2D eigenvalue weighted by atomic mass is 9.85. The molecule has 1 atom stereocenters. The molecule has 0 aliphatic carbocycles. The van der Waals surface area contributed by atoms with Crippen LogP contribution in [0.25, 0.3) is 0 Å². The number of aromatic hydroxyl groups is 1. The predicted octanol–water partition coefficient (Wildman–Crippen LogP) is 3.19. The number of phenols is 1. The molecule has 0 spiro atoms. The molecule has 1 aromatic carbocycles. The lowest BCUT2D eigenvalue weighted by molar-refractivity contribution is 0.384. The summed E-state index contributed by atoms with van der Waals surface area (Å²) in [6.45, 7) is 8.72. The second-order valence-corrected chi connectivity index (χ2v) is 7.07. The first kappa shape index (κ1) is 14.1. The average molecular weight is 258 g/mol. The summed E-state index contributed by atoms with van der Waals surface area (Å²) in [5.41, 5.74) is 1.06. The predicted molar refractivity (Wildman–Crippen MR) is 67.9 cm³/mol. The summed E-state index contributed by atoms with van der Waals surface area (Å²) >= 11 is 0. The van der Waals surface area contributed by atoms with Gasteiger partial charge in [0.05, 0.1) is 0 Å². The van der Waals surface area contributed by atoms with Crippen LogP contribution in [0.3, 0.4) is 0 Å². The van der Waals surface area contributed by atoms with Gasteiger partial charge in [-0.3, -0.25) is 0 Å². The standard InChI is InChI=1S/C12H19O4P/c1-8-6-9(16-17(5,14)15)7-10(11(8)13)12(2,3)4/h6-7,13H,1-5H3,(H,14,15). The summed E-state index contributed by atoms with van der Waals surface area (Å²) in [6.07, 6.45) is 0. The van der Waals surface area contributed by atoms with Gasteiger partial charge in [0.1, 0.15) is 11.5 Å². The molecular formula is C12H19O4P. The molecule has 4 nitrogen and oxygen atoms in total. The van der Waals surface area contributed by atoms with Gasteiger partial charge in [-0.1, -0.05) is 20.8 Å². The molecule has 1 aromatic rings. The number of aryl methyl sites for hydroxylation is 1. The maximum Gasteiger partial charge on any atom is 0.373 e. The second-order valence-electron chi connectivity index (χ2n) is 5.28. The van der Waals surface area contributed by atoms with Gasteiger partial charge in [-0.25, -0.2) is 4.57 Å². The normalized spacial score (nSPS) is 15.4. The van der Waals surface area contributed by atoms with Crippen LogP contribution >= 0.6 is 7.60 Å². The smallest absolute Gasteiger partial charge is 0.373 e. The fourth-order valence-corrected chi connectivity index (χ4v) is 2.06. The zero-order valence-corrected chi connectivity index (χ0v) is 11.7. The summed E-state index contributed by atoms with van der Waals surface area (Å²) < 4.78 is 16.2. The van der Waals surface area contributed by atoms with E-state index >= 15 is 0 Å². The zero-order valence-electron chi connectivity index (χ0n) is 10.8. The molecule has 0 amide bonds. The number of rotatable bonds is 2. The molecule has 1 unspecified atom stereocenters. The second kappa shape index (κ2) is 4.35. The van der Waals surface area contributed by atoms with Crippen LogP contribution in [0.15, 0.2) is 12.1 Å². The average Bonchev–Trinajstić information content (AvgIpc) is 2.06. The van der Waals surface area contributed by atoms with Gasteiger partial charge in [-0.05, 0) is 30.0 Å². The van der Waals surface area contributed by atoms with E-state index in [4.69, 9.17) is 4.52 Å². The van der Waals surface area contributed by atoms with Crippen molar-refractivity contribution in [3.63, 3.8) is 0 Å². The molecule has 17 heavy (non-hydrogen) atoms. The molecule has 0 bridgehead atoms. The van der Waals surface area contributed by atoms with Crippen LogP contribution in [-0.2, 0) is 9.98 Å². The largest absolute Gasteiger partial charge is 0.507 e. The van der Waals surface area contributed by atoms with Crippen LogP contribution in [0.5, 0.6) is 11.5 Å². The first-order valence-corrected chi connectivity index (χ1v) is 7.37. The molecule has 1 rings (SSSR count). The topological polar surface area (TPSA) is 66.8 Å². The van der Waals surface area contributed by atoms with E-state index in [1.165, 1.54) is 0 Å². The van der Waals surface area contributed by atoms with E-state index in [0.717, 1.165) is 6.66 Å². The molecule has 96 valence electrons. The van der Waals surface area contributed by atoms with Gasteiger partial charge in [0.2, 0.25) is 0 Å². The Morgan fingerprint density at radius 1 is 1.29 bits per heavy atom. The van der Waals surface area contributed by atoms with Gasteiger partial charge < -0.3 is 14.5 Å². The highest BCUT2D eigenvalue weighted by Crippen LogP contribution is 2.42. The van der Waals surface area contributed by atoms with E-state index in [1.807, 2.05) is 20.8 Å². The summed E-state index contributed by atoms with van der Waals surface area (Å²) in [5, 5.41) is 9.97. The molecule has 5 heteroatoms. The van der Waals surface area contributed by atoms with Crippen molar-refractivity contribution >= 4 is 7.60 Å². The van der Waals surface area contributed by atoms with Gasteiger partial charge in [0.15, 0.2) is 0 Å². The minimum atomic E-state index is -3.58. The Labute approximate surface area is 102 Å². The van der Waals surface area contributed by atoms with Crippen molar-refractivity contribution in [3.8, 4) is 11.5 Å². The minimum Gasteiger partial charge on any atom is -0.507 e. The third kappa shape index (κ3) is 3.76. The highest BCUT2D eigenvalue weighted by molar-refractivity contribution is 7.52. The first-order chi connectivity index (χ1) is 7.50. The highest BCUT2D eigenvalue weighted by atomic mass is 31.2. The zero-order chi connectivity index (χ0) is 13.4. The summed E-state index contributed by atoms with van der Waals surface area (Å²) in [6, 6.07) is 3.16. The molecule has 0 aliphatic heterocycles. The van der Waals surface area contributed by atoms with E-state index in [2.05, 4.69) is 0 Å². The van der Waals surface area contributed by atoms with Crippen molar-refractivity contribution in [3.05, 3.63) is 23.3 Å². The highest BCUT2D eigenvalue weighted by Gasteiger charge is 2.22. The lowest BCUT2D eigenvalue weighted by Crippen LogP contribution is -2.12. The molecule has 0 radical (unpaired) electrons. The molecule has 0 heterocycles. The van der Waals surface area contributed by atoms with Crippen molar-refractivity contribution in [2.24, 2.45) is 0 Å². The molecule has 2 N–H and O–H groups in total. The van der Waals surface area contributed by atoms with Crippen LogP contribution < -0.4 is 4.52 Å². The van der Waals surface area contributed by atoms with Crippen molar-refractivity contribution in [1.29, 1.82) is 0 Å². The van der Waals surface area contributed by atoms with Crippen molar-refractivity contribution in [2.75, 3.05) is 6.66 Å². The Bertz CT molecular complexity index is 468. The van der Waals surface area contributed by atoms with Crippen LogP contribution in [0.1, 0.15) is 31.9 Å². The fraction of sp³-hybridized carbons (Fsp3) is 0.500. The number of phenolic OH excluding ortho intramolecular Hbond substituents is 1. The van der Waals surface area contributed by atoms with E-state index < -0.39 is 7.60 Å². The Balaban J connectivity index is 3.30. The Morgan fingerprint density at radius 3 is 2.24 bits per heavy atom. The Morgan fingerprint density at radius 2 is 1.82 bits per heavy atom. The SMILES string of the molecule is Cc1cc(OP(C)(=O)O)cc(C(C)(C)C)c1O. The lowest BCUT2D eigenvalue weighted by Gasteiger charge is -2.22. The Hall–Kier alpha value is -0.990. The van der Waals surface area contributed by atoms with Crippen LogP contribution in [0.2, 0.25) is 0 Å². The maximum atomic E-state index is 11.2. The molecule has 0 aliphatic rings. The van der Waals surface area contributed by atoms with Gasteiger partial charge in [0.25, 0.3) is 0 Å². The minimum absolute atomic E-state index is 0.203. The van der Waals surface area contributed by atoms with Gasteiger partial charge in [0, 0.05) is 12.2 Å². The molecule has 0 saturated heterocycles. The van der Waals surface area contributed by atoms with Crippen LogP contribution in [0.4, 0.5) is 0 Å². The maximum absolute atomic E-state index is 11.2. The quantitative estimate of drug-likeness (QED) is 0.799. The summed E-state index contributed by atoms with van der Waals surface area (Å²) in [4.78, 5) is 9.20. The number of benzene rings is 1. The molecule has 0 fully saturated rings. The number of hydrogen-bond donors (Lipinski definition) is 2. The third-order valence-corrected chi connectivity index (χ3v) is 2.91. The molecular weight excluding hydrogens is 239 g/mol. The Kier molecular flexibility index (Phi) is 3.60. The van der Waals surface area contributed by atoms with Crippen LogP contribution in [0, 0.1) is 6.92 Å². The van der Waals surface area contributed by atoms with Crippen LogP contribution in [-0.4, -0.2) is 16.7 Å². The van der Waals surface area contributed by atoms with Gasteiger partial charge in [-0.2, -0.15) is 0 Å². The van der Waals surface area contributed by atoms with E-state index in [0.29, 0.717) is 16.9 Å². The summed E-state index contributed by atoms with van der Waals surface area (Å²) in [5.74, 6) is 0.507. The van der Waals surface area contributed by atoms with Crippen molar-refractivity contribution in [2.45, 2.75) is 33.1 Å². The van der Waals surface area contributed by atoms with E-state index in [-0.39, 0.29) is 11.2 Å². The van der Waals surface area contributed by atoms with E-state index in [1.54, 1.807) is 19.1 Å². The molecule has 0 saturated carbocycles. The van der Waals surface area contributed by atoms with Crippen molar-refractivity contribution < 1.29 is 19.1 Å². The third-order valence-electron chi connectivity index (χ3n) is 2.36. The first-order valence-electron chi connectivity index (χ1n) is 5.34. The molecule has 0 aromatic heterocycles. The monoisotopic (exact) mass is 258 g/mol. The van der Waals surface area contributed by atoms with Crippen molar-refractivity contribution in [1.82, 2.24) is 0 Å². The number of hydrogen-bond acceptors (Lipinski definition) is 3. The van der Waals surface area contributed by atoms with Gasteiger partial charge >= 0.3 is 7.60 Å². The fourth-order valence-electron chi connectivity index (χ4n) is 1.57. The van der Waals surface area contributed by atoms with E-state index in [9.17, 15) is 14.6 Å².